The van der Waals surface area contributed by atoms with Crippen molar-refractivity contribution in [3.8, 4) is 0 Å². The van der Waals surface area contributed by atoms with Crippen LogP contribution < -0.4 is 10.6 Å². The summed E-state index contributed by atoms with van der Waals surface area (Å²) in [6.07, 6.45) is 6.86. The summed E-state index contributed by atoms with van der Waals surface area (Å²) in [5, 5.41) is 4.94. The normalized spacial score (nSPS) is 26.5. The summed E-state index contributed by atoms with van der Waals surface area (Å²) in [5.74, 6) is -2.98. The highest BCUT2D eigenvalue weighted by molar-refractivity contribution is 6.08. The number of nitrogens with one attached hydrogen (secondary N) is 2. The van der Waals surface area contributed by atoms with Crippen LogP contribution in [0.15, 0.2) is 0 Å². The van der Waals surface area contributed by atoms with Crippen molar-refractivity contribution < 1.29 is 28.7 Å². The lowest BCUT2D eigenvalue weighted by atomic mass is 9.81. The lowest BCUT2D eigenvalue weighted by Gasteiger charge is -2.24. The van der Waals surface area contributed by atoms with Crippen LogP contribution in [0.1, 0.15) is 71.6 Å². The second-order valence-electron chi connectivity index (χ2n) is 8.60. The third-order valence-electron chi connectivity index (χ3n) is 6.44. The van der Waals surface area contributed by atoms with Gasteiger partial charge in [0.1, 0.15) is 6.04 Å². The van der Waals surface area contributed by atoms with Crippen molar-refractivity contribution in [1.82, 2.24) is 15.5 Å². The highest BCUT2D eigenvalue weighted by Gasteiger charge is 2.51. The second-order valence-corrected chi connectivity index (χ2v) is 8.60. The molecule has 2 saturated carbocycles. The van der Waals surface area contributed by atoms with Crippen molar-refractivity contribution in [1.29, 1.82) is 0 Å². The largest absolute Gasteiger partial charge is 0.451 e. The molecule has 0 aromatic rings. The molecule has 0 radical (unpaired) electrons. The summed E-state index contributed by atoms with van der Waals surface area (Å²) >= 11 is 0. The van der Waals surface area contributed by atoms with Crippen LogP contribution in [0.2, 0.25) is 0 Å². The molecule has 3 aliphatic rings. The first-order valence-electron chi connectivity index (χ1n) is 11.0. The molecule has 5 amide bonds. The van der Waals surface area contributed by atoms with Gasteiger partial charge in [-0.15, -0.1) is 0 Å². The van der Waals surface area contributed by atoms with Crippen molar-refractivity contribution in [3.05, 3.63) is 0 Å². The predicted molar refractivity (Wildman–Crippen MR) is 106 cm³/mol. The first-order valence-corrected chi connectivity index (χ1v) is 11.0. The molecule has 2 N–H and O–H groups in total. The average Bonchev–Trinajstić information content (AvgIpc) is 2.98. The molecule has 0 bridgehead atoms. The van der Waals surface area contributed by atoms with Gasteiger partial charge < -0.3 is 10.1 Å². The number of hydrogen-bond acceptors (Lipinski definition) is 6. The van der Waals surface area contributed by atoms with E-state index in [1.165, 1.54) is 13.8 Å². The van der Waals surface area contributed by atoms with E-state index in [1.54, 1.807) is 0 Å². The number of ether oxygens (including phenoxy) is 1. The fourth-order valence-corrected chi connectivity index (χ4v) is 4.68. The number of carbonyl (C=O) groups excluding carboxylic acids is 5. The Morgan fingerprint density at radius 2 is 1.43 bits per heavy atom. The molecule has 30 heavy (non-hydrogen) atoms. The molecule has 0 unspecified atom stereocenters. The zero-order valence-electron chi connectivity index (χ0n) is 17.6. The average molecular weight is 421 g/mol. The van der Waals surface area contributed by atoms with Gasteiger partial charge in [0.25, 0.3) is 5.91 Å². The van der Waals surface area contributed by atoms with E-state index in [4.69, 9.17) is 4.74 Å². The van der Waals surface area contributed by atoms with Gasteiger partial charge in [0.05, 0.1) is 11.8 Å². The number of carbonyl (C=O) groups is 5. The minimum atomic E-state index is -1.23. The minimum Gasteiger partial charge on any atom is -0.451 e. The Labute approximate surface area is 176 Å². The van der Waals surface area contributed by atoms with Crippen molar-refractivity contribution in [2.75, 3.05) is 0 Å². The molecule has 0 spiro atoms. The maximum Gasteiger partial charge on any atom is 0.329 e. The monoisotopic (exact) mass is 421 g/mol. The Hall–Kier alpha value is -2.45. The smallest absolute Gasteiger partial charge is 0.329 e. The summed E-state index contributed by atoms with van der Waals surface area (Å²) in [7, 11) is 0. The van der Waals surface area contributed by atoms with Crippen molar-refractivity contribution in [3.63, 3.8) is 0 Å². The first-order chi connectivity index (χ1) is 14.3. The number of fused-ring (bicyclic) bond motifs is 1. The molecular formula is C21H31N3O6. The molecule has 1 heterocycles. The summed E-state index contributed by atoms with van der Waals surface area (Å²) in [5.41, 5.74) is 0. The zero-order chi connectivity index (χ0) is 21.8. The number of hydrogen-bond donors (Lipinski definition) is 2. The molecule has 2 aliphatic carbocycles. The number of nitrogens with zero attached hydrogens (tertiary/aromatic N) is 1. The molecule has 4 atom stereocenters. The van der Waals surface area contributed by atoms with E-state index in [1.807, 2.05) is 0 Å². The number of likely N-dealkylation sites (tertiary alicyclic amines) is 1. The highest BCUT2D eigenvalue weighted by atomic mass is 16.5. The van der Waals surface area contributed by atoms with Crippen LogP contribution in [-0.2, 0) is 23.9 Å². The van der Waals surface area contributed by atoms with E-state index in [9.17, 15) is 24.0 Å². The van der Waals surface area contributed by atoms with Crippen molar-refractivity contribution in [2.45, 2.75) is 89.8 Å². The Morgan fingerprint density at radius 1 is 0.900 bits per heavy atom. The maximum atomic E-state index is 12.6. The molecule has 166 valence electrons. The molecule has 0 aromatic heterocycles. The fraction of sp³-hybridized carbons (Fsp3) is 0.762. The standard InChI is InChI=1S/C21H31N3O6/c1-12(24-18(26)15-10-6-7-11-16(15)19(24)27)20(28)30-13(2)17(25)23-21(29)22-14-8-4-3-5-9-14/h12-16H,3-11H2,1-2H3,(H2,22,23,25,29)/t12-,13+,15-,16-/m0/s1. The van der Waals surface area contributed by atoms with Crippen LogP contribution in [0.3, 0.4) is 0 Å². The molecule has 9 nitrogen and oxygen atoms in total. The predicted octanol–water partition coefficient (Wildman–Crippen LogP) is 1.64. The van der Waals surface area contributed by atoms with Gasteiger partial charge in [-0.2, -0.15) is 0 Å². The topological polar surface area (TPSA) is 122 Å². The van der Waals surface area contributed by atoms with Crippen molar-refractivity contribution >= 4 is 29.7 Å². The zero-order valence-corrected chi connectivity index (χ0v) is 17.6. The van der Waals surface area contributed by atoms with Crippen LogP contribution in [0.25, 0.3) is 0 Å². The second kappa shape index (κ2) is 9.57. The third kappa shape index (κ3) is 4.82. The highest BCUT2D eigenvalue weighted by Crippen LogP contribution is 2.38. The molecular weight excluding hydrogens is 390 g/mol. The van der Waals surface area contributed by atoms with Crippen LogP contribution in [0, 0.1) is 11.8 Å². The number of amides is 5. The van der Waals surface area contributed by atoms with Gasteiger partial charge in [-0.25, -0.2) is 9.59 Å². The van der Waals surface area contributed by atoms with E-state index in [0.717, 1.165) is 49.8 Å². The van der Waals surface area contributed by atoms with Crippen LogP contribution >= 0.6 is 0 Å². The molecule has 1 aliphatic heterocycles. The number of imide groups is 2. The maximum absolute atomic E-state index is 12.6. The molecule has 3 rings (SSSR count). The summed E-state index contributed by atoms with van der Waals surface area (Å²) in [4.78, 5) is 62.9. The molecule has 1 saturated heterocycles. The van der Waals surface area contributed by atoms with Gasteiger partial charge in [-0.1, -0.05) is 32.1 Å². The summed E-state index contributed by atoms with van der Waals surface area (Å²) < 4.78 is 5.15. The Bertz CT molecular complexity index is 694. The van der Waals surface area contributed by atoms with Gasteiger partial charge in [-0.3, -0.25) is 24.6 Å². The molecule has 3 fully saturated rings. The van der Waals surface area contributed by atoms with Crippen molar-refractivity contribution in [2.24, 2.45) is 11.8 Å². The van der Waals surface area contributed by atoms with E-state index < -0.39 is 30.1 Å². The van der Waals surface area contributed by atoms with E-state index in [-0.39, 0.29) is 29.7 Å². The van der Waals surface area contributed by atoms with Gasteiger partial charge >= 0.3 is 12.0 Å². The molecule has 0 aromatic carbocycles. The number of urea groups is 1. The summed E-state index contributed by atoms with van der Waals surface area (Å²) in [6, 6.07) is -1.68. The van der Waals surface area contributed by atoms with Crippen LogP contribution in [0.4, 0.5) is 4.79 Å². The lowest BCUT2D eigenvalue weighted by molar-refractivity contribution is -0.163. The van der Waals surface area contributed by atoms with Gasteiger partial charge in [0.15, 0.2) is 6.10 Å². The third-order valence-corrected chi connectivity index (χ3v) is 6.44. The van der Waals surface area contributed by atoms with Crippen LogP contribution in [-0.4, -0.2) is 52.8 Å². The van der Waals surface area contributed by atoms with Gasteiger partial charge in [0.2, 0.25) is 11.8 Å². The first kappa shape index (κ1) is 22.2. The van der Waals surface area contributed by atoms with E-state index in [0.29, 0.717) is 12.8 Å². The Kier molecular flexibility index (Phi) is 7.10. The quantitative estimate of drug-likeness (QED) is 0.514. The molecule has 9 heteroatoms. The SMILES string of the molecule is C[C@@H](OC(=O)[C@H](C)N1C(=O)[C@H]2CCCC[C@@H]2C1=O)C(=O)NC(=O)NC1CCCCC1. The van der Waals surface area contributed by atoms with E-state index in [2.05, 4.69) is 10.6 Å². The Balaban J connectivity index is 1.50. The van der Waals surface area contributed by atoms with Gasteiger partial charge in [0, 0.05) is 6.04 Å². The number of rotatable bonds is 5. The van der Waals surface area contributed by atoms with Gasteiger partial charge in [-0.05, 0) is 39.5 Å². The minimum absolute atomic E-state index is 0.0418. The Morgan fingerprint density at radius 3 is 2.00 bits per heavy atom. The fourth-order valence-electron chi connectivity index (χ4n) is 4.68. The van der Waals surface area contributed by atoms with Crippen LogP contribution in [0.5, 0.6) is 0 Å². The lowest BCUT2D eigenvalue weighted by Crippen LogP contribution is -2.50. The number of esters is 1. The summed E-state index contributed by atoms with van der Waals surface area (Å²) in [6.45, 7) is 2.77. The van der Waals surface area contributed by atoms with E-state index >= 15 is 0 Å².